The Kier molecular flexibility index (Phi) is 3.57. The summed E-state index contributed by atoms with van der Waals surface area (Å²) in [5, 5.41) is 7.69. The third-order valence-corrected chi connectivity index (χ3v) is 0.743. The van der Waals surface area contributed by atoms with Crippen molar-refractivity contribution < 1.29 is 19.7 Å². The highest BCUT2D eigenvalue weighted by Crippen LogP contribution is 1.85. The fourth-order valence-electron chi connectivity index (χ4n) is 0.268. The normalized spacial score (nSPS) is 12.2. The van der Waals surface area contributed by atoms with Gasteiger partial charge in [0.15, 0.2) is 0 Å². The van der Waals surface area contributed by atoms with Crippen molar-refractivity contribution in [2.45, 2.75) is 12.5 Å². The van der Waals surface area contributed by atoms with Crippen LogP contribution in [0.4, 0.5) is 0 Å². The Morgan fingerprint density at radius 1 is 1.89 bits per heavy atom. The first-order valence-electron chi connectivity index (χ1n) is 2.27. The summed E-state index contributed by atoms with van der Waals surface area (Å²) in [4.78, 5) is 23.1. The number of nitrogens with two attached hydrogens (primary N) is 1. The van der Waals surface area contributed by atoms with Gasteiger partial charge in [0.1, 0.15) is 12.3 Å². The molecule has 5 heteroatoms. The monoisotopic (exact) mass is 133 g/mol. The second-order valence-electron chi connectivity index (χ2n) is 1.42. The maximum absolute atomic E-state index is 10.1. The summed E-state index contributed by atoms with van der Waals surface area (Å²) < 4.78 is 0. The average molecular weight is 133 g/mol. The fraction of sp³-hybridized carbons (Fsp3) is 0.500. The van der Waals surface area contributed by atoms with Crippen molar-refractivity contribution in [1.29, 1.82) is 0 Å². The molecular formula is C4H7NO4. The lowest BCUT2D eigenvalue weighted by atomic mass is 10.2. The van der Waals surface area contributed by atoms with Gasteiger partial charge in [0.05, 0.1) is 0 Å². The predicted molar refractivity (Wildman–Crippen MR) is 27.4 cm³/mol. The summed E-state index contributed by atoms with van der Waals surface area (Å²) in [5.41, 5.74) is 4.97. The number of carbonyl (C=O) groups is 2. The molecule has 5 nitrogen and oxygen atoms in total. The highest BCUT2D eigenvalue weighted by molar-refractivity contribution is 5.77. The molecule has 0 radical (unpaired) electrons. The first kappa shape index (κ1) is 8.06. The molecule has 0 bridgehead atoms. The molecule has 0 heterocycles. The molecule has 0 rings (SSSR count). The van der Waals surface area contributed by atoms with E-state index in [-0.39, 0.29) is 6.42 Å². The molecule has 0 aromatic carbocycles. The van der Waals surface area contributed by atoms with Gasteiger partial charge in [-0.1, -0.05) is 0 Å². The molecule has 0 aliphatic heterocycles. The van der Waals surface area contributed by atoms with Crippen LogP contribution in [0.5, 0.6) is 0 Å². The van der Waals surface area contributed by atoms with Crippen LogP contribution < -0.4 is 5.73 Å². The molecule has 3 N–H and O–H groups in total. The first-order valence-corrected chi connectivity index (χ1v) is 2.27. The highest BCUT2D eigenvalue weighted by atomic mass is 17.1. The molecule has 1 unspecified atom stereocenters. The molecule has 1 atom stereocenters. The Balaban J connectivity index is 3.58. The van der Waals surface area contributed by atoms with Crippen LogP contribution in [0.25, 0.3) is 0 Å². The lowest BCUT2D eigenvalue weighted by Gasteiger charge is -2.00. The lowest BCUT2D eigenvalue weighted by Crippen LogP contribution is -2.31. The summed E-state index contributed by atoms with van der Waals surface area (Å²) in [6.07, 6.45) is 0.334. The molecule has 52 valence electrons. The fourth-order valence-corrected chi connectivity index (χ4v) is 0.268. The van der Waals surface area contributed by atoms with Crippen LogP contribution in [0.3, 0.4) is 0 Å². The number of rotatable bonds is 3. The smallest absolute Gasteiger partial charge is 0.318 e. The van der Waals surface area contributed by atoms with E-state index in [1.54, 1.807) is 0 Å². The Bertz CT molecular complexity index is 113. The Hall–Kier alpha value is -0.940. The number of hydrogen-bond donors (Lipinski definition) is 2. The highest BCUT2D eigenvalue weighted by Gasteiger charge is 2.13. The summed E-state index contributed by atoms with van der Waals surface area (Å²) in [7, 11) is 0. The quantitative estimate of drug-likeness (QED) is 0.290. The Morgan fingerprint density at radius 2 is 2.44 bits per heavy atom. The zero-order chi connectivity index (χ0) is 7.28. The van der Waals surface area contributed by atoms with Crippen molar-refractivity contribution in [2.24, 2.45) is 5.73 Å². The minimum Gasteiger partial charge on any atom is -0.318 e. The maximum atomic E-state index is 10.1. The van der Waals surface area contributed by atoms with Gasteiger partial charge in [-0.05, 0) is 0 Å². The number of hydrogen-bond acceptors (Lipinski definition) is 5. The van der Waals surface area contributed by atoms with Gasteiger partial charge in [0.2, 0.25) is 0 Å². The van der Waals surface area contributed by atoms with Crippen LogP contribution in [0.15, 0.2) is 0 Å². The second-order valence-corrected chi connectivity index (χ2v) is 1.42. The summed E-state index contributed by atoms with van der Waals surface area (Å²) in [5.74, 6) is -0.998. The van der Waals surface area contributed by atoms with E-state index < -0.39 is 12.0 Å². The predicted octanol–water partition coefficient (Wildman–Crippen LogP) is -1.08. The molecule has 0 aromatic rings. The summed E-state index contributed by atoms with van der Waals surface area (Å²) >= 11 is 0. The average Bonchev–Trinajstić information content (AvgIpc) is 1.87. The van der Waals surface area contributed by atoms with Gasteiger partial charge in [-0.3, -0.25) is 4.89 Å². The van der Waals surface area contributed by atoms with E-state index in [4.69, 9.17) is 11.0 Å². The van der Waals surface area contributed by atoms with Gasteiger partial charge in [0, 0.05) is 6.42 Å². The molecule has 0 saturated carbocycles. The van der Waals surface area contributed by atoms with Crippen molar-refractivity contribution >= 4 is 12.3 Å². The second kappa shape index (κ2) is 3.99. The van der Waals surface area contributed by atoms with E-state index in [9.17, 15) is 9.59 Å². The molecule has 0 spiro atoms. The Labute approximate surface area is 51.3 Å². The molecule has 9 heavy (non-hydrogen) atoms. The SMILES string of the molecule is NC(CC=O)C(=O)OO. The van der Waals surface area contributed by atoms with E-state index in [1.165, 1.54) is 0 Å². The maximum Gasteiger partial charge on any atom is 0.359 e. The third-order valence-electron chi connectivity index (χ3n) is 0.743. The summed E-state index contributed by atoms with van der Waals surface area (Å²) in [6, 6.07) is -1.05. The van der Waals surface area contributed by atoms with Crippen LogP contribution in [0.2, 0.25) is 0 Å². The minimum absolute atomic E-state index is 0.139. The van der Waals surface area contributed by atoms with Crippen molar-refractivity contribution in [3.63, 3.8) is 0 Å². The van der Waals surface area contributed by atoms with Crippen LogP contribution >= 0.6 is 0 Å². The zero-order valence-corrected chi connectivity index (χ0v) is 4.61. The van der Waals surface area contributed by atoms with Gasteiger partial charge >= 0.3 is 5.97 Å². The van der Waals surface area contributed by atoms with Gasteiger partial charge in [-0.15, -0.1) is 0 Å². The van der Waals surface area contributed by atoms with Crippen LogP contribution in [-0.4, -0.2) is 23.6 Å². The number of aldehydes is 1. The van der Waals surface area contributed by atoms with Gasteiger partial charge < -0.3 is 10.5 Å². The first-order chi connectivity index (χ1) is 4.22. The molecule has 0 aliphatic rings. The van der Waals surface area contributed by atoms with Gasteiger partial charge in [-0.2, -0.15) is 5.26 Å². The molecule has 0 amide bonds. The third kappa shape index (κ3) is 2.78. The molecule has 0 saturated heterocycles. The molecule has 0 aliphatic carbocycles. The van der Waals surface area contributed by atoms with Crippen molar-refractivity contribution in [3.05, 3.63) is 0 Å². The minimum atomic E-state index is -1.05. The Morgan fingerprint density at radius 3 is 2.78 bits per heavy atom. The standard InChI is InChI=1S/C4H7NO4/c5-3(1-2-6)4(7)9-8/h2-3,8H,1,5H2. The van der Waals surface area contributed by atoms with E-state index in [0.29, 0.717) is 6.29 Å². The van der Waals surface area contributed by atoms with E-state index in [1.807, 2.05) is 0 Å². The largest absolute Gasteiger partial charge is 0.359 e. The van der Waals surface area contributed by atoms with E-state index >= 15 is 0 Å². The lowest BCUT2D eigenvalue weighted by molar-refractivity contribution is -0.235. The molecule has 0 fully saturated rings. The van der Waals surface area contributed by atoms with Crippen molar-refractivity contribution in [1.82, 2.24) is 0 Å². The molecule has 0 aromatic heterocycles. The van der Waals surface area contributed by atoms with Crippen molar-refractivity contribution in [3.8, 4) is 0 Å². The van der Waals surface area contributed by atoms with Crippen LogP contribution in [0.1, 0.15) is 6.42 Å². The van der Waals surface area contributed by atoms with Crippen molar-refractivity contribution in [2.75, 3.05) is 0 Å². The topological polar surface area (TPSA) is 89.6 Å². The van der Waals surface area contributed by atoms with Gasteiger partial charge in [-0.25, -0.2) is 4.79 Å². The van der Waals surface area contributed by atoms with Crippen LogP contribution in [-0.2, 0) is 14.5 Å². The summed E-state index contributed by atoms with van der Waals surface area (Å²) in [6.45, 7) is 0. The molecular weight excluding hydrogens is 126 g/mol. The van der Waals surface area contributed by atoms with Crippen LogP contribution in [0, 0.1) is 0 Å². The van der Waals surface area contributed by atoms with Gasteiger partial charge in [0.25, 0.3) is 0 Å². The number of carbonyl (C=O) groups excluding carboxylic acids is 2. The zero-order valence-electron chi connectivity index (χ0n) is 4.61. The van der Waals surface area contributed by atoms with E-state index in [2.05, 4.69) is 4.89 Å². The van der Waals surface area contributed by atoms with E-state index in [0.717, 1.165) is 0 Å².